The third kappa shape index (κ3) is 1.53. The molecular weight excluding hydrogens is 188 g/mol. The minimum Gasteiger partial charge on any atom is -0.443 e. The van der Waals surface area contributed by atoms with Gasteiger partial charge in [0.15, 0.2) is 12.0 Å². The number of halogens is 1. The fourth-order valence-corrected chi connectivity index (χ4v) is 1.47. The monoisotopic (exact) mass is 196 g/mol. The molecule has 0 aliphatic heterocycles. The first kappa shape index (κ1) is 8.53. The van der Waals surface area contributed by atoms with Crippen LogP contribution in [0.4, 0.5) is 0 Å². The Kier molecular flexibility index (Phi) is 2.20. The average molecular weight is 197 g/mol. The van der Waals surface area contributed by atoms with Gasteiger partial charge in [0, 0.05) is 17.6 Å². The normalized spacial score (nSPS) is 10.9. The largest absolute Gasteiger partial charge is 0.443 e. The summed E-state index contributed by atoms with van der Waals surface area (Å²) in [4.78, 5) is 4.05. The zero-order valence-electron chi connectivity index (χ0n) is 7.17. The number of nitrogens with one attached hydrogen (secondary N) is 1. The van der Waals surface area contributed by atoms with E-state index in [9.17, 15) is 0 Å². The summed E-state index contributed by atoms with van der Waals surface area (Å²) in [7, 11) is 1.88. The van der Waals surface area contributed by atoms with Gasteiger partial charge in [0.25, 0.3) is 0 Å². The number of oxazole rings is 1. The maximum Gasteiger partial charge on any atom is 0.181 e. The number of hydrogen-bond donors (Lipinski definition) is 1. The van der Waals surface area contributed by atoms with Crippen LogP contribution in [0.1, 0.15) is 5.56 Å². The molecule has 0 saturated carbocycles. The zero-order chi connectivity index (χ0) is 9.26. The van der Waals surface area contributed by atoms with Crippen LogP contribution in [0.2, 0.25) is 5.02 Å². The van der Waals surface area contributed by atoms with Crippen LogP contribution >= 0.6 is 11.6 Å². The Morgan fingerprint density at radius 3 is 3.15 bits per heavy atom. The summed E-state index contributed by atoms with van der Waals surface area (Å²) >= 11 is 6.01. The molecule has 2 aromatic rings. The lowest BCUT2D eigenvalue weighted by Crippen LogP contribution is -2.05. The van der Waals surface area contributed by atoms with Gasteiger partial charge < -0.3 is 9.73 Å². The Bertz CT molecular complexity index is 424. The van der Waals surface area contributed by atoms with Crippen molar-refractivity contribution in [3.63, 3.8) is 0 Å². The summed E-state index contributed by atoms with van der Waals surface area (Å²) in [6, 6.07) is 3.72. The van der Waals surface area contributed by atoms with E-state index in [4.69, 9.17) is 16.0 Å². The minimum atomic E-state index is 0.707. The van der Waals surface area contributed by atoms with Crippen molar-refractivity contribution in [2.45, 2.75) is 6.54 Å². The summed E-state index contributed by atoms with van der Waals surface area (Å²) in [5.74, 6) is 0. The predicted molar refractivity (Wildman–Crippen MR) is 51.8 cm³/mol. The van der Waals surface area contributed by atoms with Crippen molar-refractivity contribution in [3.8, 4) is 0 Å². The molecule has 68 valence electrons. The Morgan fingerprint density at radius 1 is 1.54 bits per heavy atom. The van der Waals surface area contributed by atoms with Crippen LogP contribution in [0.3, 0.4) is 0 Å². The SMILES string of the molecule is CNCc1cc2ncoc2cc1Cl. The van der Waals surface area contributed by atoms with Crippen LogP contribution in [0, 0.1) is 0 Å². The first-order chi connectivity index (χ1) is 6.31. The third-order valence-electron chi connectivity index (χ3n) is 1.87. The lowest BCUT2D eigenvalue weighted by Gasteiger charge is -2.01. The highest BCUT2D eigenvalue weighted by molar-refractivity contribution is 6.32. The topological polar surface area (TPSA) is 38.1 Å². The Hall–Kier alpha value is -1.06. The van der Waals surface area contributed by atoms with Gasteiger partial charge >= 0.3 is 0 Å². The molecule has 1 heterocycles. The molecule has 13 heavy (non-hydrogen) atoms. The van der Waals surface area contributed by atoms with Gasteiger partial charge in [-0.2, -0.15) is 0 Å². The van der Waals surface area contributed by atoms with Crippen molar-refractivity contribution in [1.82, 2.24) is 10.3 Å². The van der Waals surface area contributed by atoms with Gasteiger partial charge in [-0.05, 0) is 18.7 Å². The molecule has 1 N–H and O–H groups in total. The predicted octanol–water partition coefficient (Wildman–Crippen LogP) is 2.20. The lowest BCUT2D eigenvalue weighted by atomic mass is 10.2. The Morgan fingerprint density at radius 2 is 2.38 bits per heavy atom. The molecule has 0 bridgehead atoms. The van der Waals surface area contributed by atoms with Gasteiger partial charge in [0.05, 0.1) is 0 Å². The van der Waals surface area contributed by atoms with E-state index in [0.717, 1.165) is 23.2 Å². The fraction of sp³-hybridized carbons (Fsp3) is 0.222. The molecular formula is C9H9ClN2O. The maximum absolute atomic E-state index is 6.01. The summed E-state index contributed by atoms with van der Waals surface area (Å²) < 4.78 is 5.12. The fourth-order valence-electron chi connectivity index (χ4n) is 1.25. The zero-order valence-corrected chi connectivity index (χ0v) is 7.93. The summed E-state index contributed by atoms with van der Waals surface area (Å²) in [5, 5.41) is 3.75. The summed E-state index contributed by atoms with van der Waals surface area (Å²) in [6.07, 6.45) is 1.42. The van der Waals surface area contributed by atoms with E-state index in [1.54, 1.807) is 6.07 Å². The Labute approximate surface area is 80.7 Å². The van der Waals surface area contributed by atoms with E-state index in [1.807, 2.05) is 13.1 Å². The van der Waals surface area contributed by atoms with Gasteiger partial charge in [-0.1, -0.05) is 11.6 Å². The molecule has 0 unspecified atom stereocenters. The number of rotatable bonds is 2. The molecule has 0 fully saturated rings. The molecule has 0 radical (unpaired) electrons. The van der Waals surface area contributed by atoms with Crippen LogP contribution in [-0.4, -0.2) is 12.0 Å². The Balaban J connectivity index is 2.56. The average Bonchev–Trinajstić information content (AvgIpc) is 2.52. The molecule has 1 aromatic heterocycles. The van der Waals surface area contributed by atoms with Gasteiger partial charge in [-0.25, -0.2) is 4.98 Å². The quantitative estimate of drug-likeness (QED) is 0.800. The van der Waals surface area contributed by atoms with Crippen molar-refractivity contribution >= 4 is 22.7 Å². The van der Waals surface area contributed by atoms with Crippen molar-refractivity contribution < 1.29 is 4.42 Å². The van der Waals surface area contributed by atoms with E-state index in [1.165, 1.54) is 6.39 Å². The molecule has 0 aliphatic carbocycles. The highest BCUT2D eigenvalue weighted by Crippen LogP contribution is 2.22. The number of fused-ring (bicyclic) bond motifs is 1. The summed E-state index contributed by atoms with van der Waals surface area (Å²) in [6.45, 7) is 0.738. The molecule has 0 amide bonds. The molecule has 1 aromatic carbocycles. The van der Waals surface area contributed by atoms with E-state index in [0.29, 0.717) is 5.02 Å². The summed E-state index contributed by atoms with van der Waals surface area (Å²) in [5.41, 5.74) is 2.60. The first-order valence-electron chi connectivity index (χ1n) is 3.97. The lowest BCUT2D eigenvalue weighted by molar-refractivity contribution is 0.602. The number of benzene rings is 1. The highest BCUT2D eigenvalue weighted by Gasteiger charge is 2.04. The van der Waals surface area contributed by atoms with Crippen LogP contribution in [0.25, 0.3) is 11.1 Å². The van der Waals surface area contributed by atoms with Crippen LogP contribution in [0.5, 0.6) is 0 Å². The van der Waals surface area contributed by atoms with Gasteiger partial charge in [0.2, 0.25) is 0 Å². The van der Waals surface area contributed by atoms with E-state index >= 15 is 0 Å². The molecule has 0 saturated heterocycles. The number of aromatic nitrogens is 1. The van der Waals surface area contributed by atoms with E-state index < -0.39 is 0 Å². The minimum absolute atomic E-state index is 0.707. The molecule has 3 nitrogen and oxygen atoms in total. The second-order valence-corrected chi connectivity index (χ2v) is 3.20. The smallest absolute Gasteiger partial charge is 0.181 e. The van der Waals surface area contributed by atoms with Crippen LogP contribution in [-0.2, 0) is 6.54 Å². The van der Waals surface area contributed by atoms with E-state index in [2.05, 4.69) is 10.3 Å². The first-order valence-corrected chi connectivity index (χ1v) is 4.35. The van der Waals surface area contributed by atoms with Crippen LogP contribution < -0.4 is 5.32 Å². The molecule has 0 atom stereocenters. The van der Waals surface area contributed by atoms with E-state index in [-0.39, 0.29) is 0 Å². The maximum atomic E-state index is 6.01. The van der Waals surface area contributed by atoms with Crippen molar-refractivity contribution in [2.24, 2.45) is 0 Å². The number of hydrogen-bond acceptors (Lipinski definition) is 3. The molecule has 2 rings (SSSR count). The highest BCUT2D eigenvalue weighted by atomic mass is 35.5. The van der Waals surface area contributed by atoms with Crippen molar-refractivity contribution in [2.75, 3.05) is 7.05 Å². The van der Waals surface area contributed by atoms with Crippen molar-refractivity contribution in [3.05, 3.63) is 29.1 Å². The molecule has 0 spiro atoms. The third-order valence-corrected chi connectivity index (χ3v) is 2.22. The number of nitrogens with zero attached hydrogens (tertiary/aromatic N) is 1. The molecule has 0 aliphatic rings. The second-order valence-electron chi connectivity index (χ2n) is 2.79. The van der Waals surface area contributed by atoms with Gasteiger partial charge in [0.1, 0.15) is 5.52 Å². The van der Waals surface area contributed by atoms with Gasteiger partial charge in [-0.15, -0.1) is 0 Å². The van der Waals surface area contributed by atoms with Gasteiger partial charge in [-0.3, -0.25) is 0 Å². The second kappa shape index (κ2) is 3.36. The standard InChI is InChI=1S/C9H9ClN2O/c1-11-4-6-2-8-9(3-7(6)10)13-5-12-8/h2-3,5,11H,4H2,1H3. The van der Waals surface area contributed by atoms with Crippen molar-refractivity contribution in [1.29, 1.82) is 0 Å². The van der Waals surface area contributed by atoms with Crippen LogP contribution in [0.15, 0.2) is 22.9 Å². The molecule has 4 heteroatoms.